The molecule has 0 fully saturated rings. The predicted octanol–water partition coefficient (Wildman–Crippen LogP) is 0.995. The van der Waals surface area contributed by atoms with Gasteiger partial charge in [0.2, 0.25) is 0 Å². The molecule has 9 heavy (non-hydrogen) atoms. The van der Waals surface area contributed by atoms with Crippen molar-refractivity contribution >= 4 is 22.1 Å². The molecular formula is C5H10BrNO2. The van der Waals surface area contributed by atoms with Gasteiger partial charge >= 0.3 is 5.97 Å². The van der Waals surface area contributed by atoms with Gasteiger partial charge in [0, 0.05) is 16.1 Å². The maximum atomic E-state index is 10.3. The van der Waals surface area contributed by atoms with Gasteiger partial charge in [-0.3, -0.25) is 4.79 Å². The summed E-state index contributed by atoms with van der Waals surface area (Å²) >= 11 is 2.89. The van der Waals surface area contributed by atoms with Crippen LogP contribution in [-0.4, -0.2) is 17.1 Å². The van der Waals surface area contributed by atoms with Gasteiger partial charge in [-0.15, -0.1) is 0 Å². The zero-order chi connectivity index (χ0) is 7.44. The van der Waals surface area contributed by atoms with Gasteiger partial charge in [-0.2, -0.15) is 0 Å². The Kier molecular flexibility index (Phi) is 3.81. The van der Waals surface area contributed by atoms with Crippen LogP contribution in [0.1, 0.15) is 13.8 Å². The van der Waals surface area contributed by atoms with E-state index in [0.717, 1.165) is 0 Å². The SMILES string of the molecule is CC(C)C(NBr)C(=O)O. The van der Waals surface area contributed by atoms with Gasteiger partial charge in [-0.1, -0.05) is 13.8 Å². The summed E-state index contributed by atoms with van der Waals surface area (Å²) in [5.41, 5.74) is 0. The lowest BCUT2D eigenvalue weighted by molar-refractivity contribution is -0.139. The fourth-order valence-electron chi connectivity index (χ4n) is 0.458. The highest BCUT2D eigenvalue weighted by atomic mass is 79.9. The first kappa shape index (κ1) is 8.91. The Balaban J connectivity index is 3.83. The van der Waals surface area contributed by atoms with Gasteiger partial charge in [0.15, 0.2) is 0 Å². The first-order valence-corrected chi connectivity index (χ1v) is 3.48. The third kappa shape index (κ3) is 2.81. The van der Waals surface area contributed by atoms with Crippen molar-refractivity contribution < 1.29 is 9.90 Å². The molecule has 0 spiro atoms. The van der Waals surface area contributed by atoms with Crippen molar-refractivity contribution in [2.45, 2.75) is 19.9 Å². The van der Waals surface area contributed by atoms with E-state index in [1.807, 2.05) is 13.8 Å². The van der Waals surface area contributed by atoms with Crippen LogP contribution in [0.2, 0.25) is 0 Å². The van der Waals surface area contributed by atoms with Crippen molar-refractivity contribution in [1.29, 1.82) is 0 Å². The van der Waals surface area contributed by atoms with E-state index >= 15 is 0 Å². The summed E-state index contributed by atoms with van der Waals surface area (Å²) in [6, 6.07) is -0.495. The molecular weight excluding hydrogens is 186 g/mol. The number of rotatable bonds is 3. The van der Waals surface area contributed by atoms with E-state index in [1.165, 1.54) is 0 Å². The van der Waals surface area contributed by atoms with Crippen molar-refractivity contribution in [3.8, 4) is 0 Å². The number of carbonyl (C=O) groups is 1. The second-order valence-corrected chi connectivity index (χ2v) is 2.63. The van der Waals surface area contributed by atoms with Gasteiger partial charge in [-0.25, -0.2) is 4.34 Å². The minimum Gasteiger partial charge on any atom is -0.480 e. The zero-order valence-corrected chi connectivity index (χ0v) is 6.97. The normalized spacial score (nSPS) is 13.8. The van der Waals surface area contributed by atoms with Crippen molar-refractivity contribution in [3.63, 3.8) is 0 Å². The van der Waals surface area contributed by atoms with E-state index in [0.29, 0.717) is 0 Å². The molecule has 0 radical (unpaired) electrons. The summed E-state index contributed by atoms with van der Waals surface area (Å²) in [7, 11) is 0. The largest absolute Gasteiger partial charge is 0.480 e. The lowest BCUT2D eigenvalue weighted by atomic mass is 10.1. The Hall–Kier alpha value is -0.0900. The van der Waals surface area contributed by atoms with Crippen LogP contribution in [0, 0.1) is 5.92 Å². The molecule has 1 atom stereocenters. The Morgan fingerprint density at radius 1 is 1.67 bits per heavy atom. The van der Waals surface area contributed by atoms with E-state index in [1.54, 1.807) is 0 Å². The summed E-state index contributed by atoms with van der Waals surface area (Å²) in [5.74, 6) is -0.733. The smallest absolute Gasteiger partial charge is 0.321 e. The second-order valence-electron chi connectivity index (χ2n) is 2.17. The van der Waals surface area contributed by atoms with Gasteiger partial charge < -0.3 is 5.11 Å². The second kappa shape index (κ2) is 3.85. The first-order valence-electron chi connectivity index (χ1n) is 2.68. The average molecular weight is 196 g/mol. The van der Waals surface area contributed by atoms with Gasteiger partial charge in [0.25, 0.3) is 0 Å². The number of aliphatic carboxylic acids is 1. The molecule has 0 aliphatic rings. The van der Waals surface area contributed by atoms with Crippen molar-refractivity contribution in [1.82, 2.24) is 4.34 Å². The number of nitrogens with one attached hydrogen (secondary N) is 1. The summed E-state index contributed by atoms with van der Waals surface area (Å²) in [6.45, 7) is 3.68. The molecule has 2 N–H and O–H groups in total. The summed E-state index contributed by atoms with van der Waals surface area (Å²) in [4.78, 5) is 10.3. The molecule has 0 aliphatic carbocycles. The molecule has 3 nitrogen and oxygen atoms in total. The maximum Gasteiger partial charge on any atom is 0.321 e. The minimum atomic E-state index is -0.832. The zero-order valence-electron chi connectivity index (χ0n) is 5.39. The molecule has 0 bridgehead atoms. The van der Waals surface area contributed by atoms with Crippen LogP contribution in [0.4, 0.5) is 0 Å². The van der Waals surface area contributed by atoms with Gasteiger partial charge in [0.1, 0.15) is 6.04 Å². The summed E-state index contributed by atoms with van der Waals surface area (Å²) in [5, 5.41) is 8.45. The highest BCUT2D eigenvalue weighted by Gasteiger charge is 2.18. The Morgan fingerprint density at radius 3 is 2.11 bits per heavy atom. The highest BCUT2D eigenvalue weighted by Crippen LogP contribution is 2.02. The third-order valence-electron chi connectivity index (χ3n) is 1.05. The molecule has 0 aromatic carbocycles. The number of halogens is 1. The molecule has 0 heterocycles. The quantitative estimate of drug-likeness (QED) is 0.662. The van der Waals surface area contributed by atoms with Crippen molar-refractivity contribution in [2.75, 3.05) is 0 Å². The maximum absolute atomic E-state index is 10.3. The molecule has 0 aromatic rings. The van der Waals surface area contributed by atoms with E-state index < -0.39 is 12.0 Å². The number of carboxylic acids is 1. The van der Waals surface area contributed by atoms with Crippen LogP contribution in [0.5, 0.6) is 0 Å². The Labute approximate surface area is 62.8 Å². The van der Waals surface area contributed by atoms with Crippen LogP contribution in [0.15, 0.2) is 0 Å². The van der Waals surface area contributed by atoms with E-state index in [2.05, 4.69) is 20.5 Å². The summed E-state index contributed by atoms with van der Waals surface area (Å²) in [6.07, 6.45) is 0. The molecule has 54 valence electrons. The predicted molar refractivity (Wildman–Crippen MR) is 38.3 cm³/mol. The molecule has 0 saturated carbocycles. The minimum absolute atomic E-state index is 0.0990. The number of carboxylic acid groups (broad SMARTS) is 1. The van der Waals surface area contributed by atoms with Crippen LogP contribution >= 0.6 is 16.1 Å². The summed E-state index contributed by atoms with van der Waals surface area (Å²) < 4.78 is 2.51. The lowest BCUT2D eigenvalue weighted by Crippen LogP contribution is -2.35. The fraction of sp³-hybridized carbons (Fsp3) is 0.800. The Bertz CT molecular complexity index is 105. The van der Waals surface area contributed by atoms with Gasteiger partial charge in [-0.05, 0) is 5.92 Å². The van der Waals surface area contributed by atoms with E-state index in [-0.39, 0.29) is 5.92 Å². The monoisotopic (exact) mass is 195 g/mol. The molecule has 4 heteroatoms. The standard InChI is InChI=1S/C5H10BrNO2/c1-3(2)4(7-6)5(8)9/h3-4,7H,1-2H3,(H,8,9). The van der Waals surface area contributed by atoms with Crippen LogP contribution in [0.3, 0.4) is 0 Å². The van der Waals surface area contributed by atoms with Crippen LogP contribution < -0.4 is 4.34 Å². The molecule has 0 saturated heterocycles. The third-order valence-corrected chi connectivity index (χ3v) is 1.54. The van der Waals surface area contributed by atoms with Gasteiger partial charge in [0.05, 0.1) is 0 Å². The van der Waals surface area contributed by atoms with Crippen LogP contribution in [-0.2, 0) is 4.79 Å². The fourth-order valence-corrected chi connectivity index (χ4v) is 1.18. The van der Waals surface area contributed by atoms with E-state index in [9.17, 15) is 4.79 Å². The number of hydrogen-bond donors (Lipinski definition) is 2. The highest BCUT2D eigenvalue weighted by molar-refractivity contribution is 9.08. The lowest BCUT2D eigenvalue weighted by Gasteiger charge is -2.12. The molecule has 1 unspecified atom stereocenters. The Morgan fingerprint density at radius 2 is 2.11 bits per heavy atom. The molecule has 0 aromatic heterocycles. The van der Waals surface area contributed by atoms with E-state index in [4.69, 9.17) is 5.11 Å². The topological polar surface area (TPSA) is 49.3 Å². The van der Waals surface area contributed by atoms with Crippen molar-refractivity contribution in [2.24, 2.45) is 5.92 Å². The first-order chi connectivity index (χ1) is 4.09. The number of hydrogen-bond acceptors (Lipinski definition) is 2. The molecule has 0 rings (SSSR count). The average Bonchev–Trinajstić information content (AvgIpc) is 1.64. The van der Waals surface area contributed by atoms with Crippen LogP contribution in [0.25, 0.3) is 0 Å². The molecule has 0 aliphatic heterocycles. The van der Waals surface area contributed by atoms with Crippen molar-refractivity contribution in [3.05, 3.63) is 0 Å². The molecule has 0 amide bonds.